The number of aryl methyl sites for hydroxylation is 1. The molecule has 0 unspecified atom stereocenters. The average Bonchev–Trinajstić information content (AvgIpc) is 2.87. The van der Waals surface area contributed by atoms with Crippen molar-refractivity contribution >= 4 is 43.0 Å². The van der Waals surface area contributed by atoms with Crippen molar-refractivity contribution in [3.8, 4) is 11.5 Å². The second-order valence-electron chi connectivity index (χ2n) is 8.52. The maximum atomic E-state index is 12.8. The number of rotatable bonds is 12. The number of sulfonamides is 2. The Morgan fingerprint density at radius 3 is 2.13 bits per heavy atom. The molecule has 0 spiro atoms. The Labute approximate surface area is 223 Å². The van der Waals surface area contributed by atoms with E-state index in [1.807, 2.05) is 19.1 Å². The third-order valence-electron chi connectivity index (χ3n) is 5.59. The van der Waals surface area contributed by atoms with Crippen LogP contribution < -0.4 is 23.8 Å². The van der Waals surface area contributed by atoms with Crippen LogP contribution in [0, 0.1) is 6.92 Å². The summed E-state index contributed by atoms with van der Waals surface area (Å²) in [5, 5.41) is 2.70. The van der Waals surface area contributed by atoms with Crippen LogP contribution in [-0.4, -0.2) is 49.8 Å². The summed E-state index contributed by atoms with van der Waals surface area (Å²) >= 11 is 0. The molecule has 0 aliphatic rings. The van der Waals surface area contributed by atoms with Crippen LogP contribution >= 0.6 is 0 Å². The minimum Gasteiger partial charge on any atom is -0.497 e. The van der Waals surface area contributed by atoms with Crippen molar-refractivity contribution in [2.45, 2.75) is 24.7 Å². The van der Waals surface area contributed by atoms with Crippen molar-refractivity contribution in [3.05, 3.63) is 72.3 Å². The van der Waals surface area contributed by atoms with E-state index in [-0.39, 0.29) is 29.5 Å². The number of carbonyl (C=O) groups excluding carboxylic acids is 1. The maximum absolute atomic E-state index is 12.8. The van der Waals surface area contributed by atoms with Gasteiger partial charge in [-0.05, 0) is 61.9 Å². The minimum atomic E-state index is -3.92. The lowest BCUT2D eigenvalue weighted by Crippen LogP contribution is -2.31. The maximum Gasteiger partial charge on any atom is 0.262 e. The molecule has 3 aromatic rings. The molecule has 38 heavy (non-hydrogen) atoms. The Bertz CT molecular complexity index is 1470. The number of carbonyl (C=O) groups is 1. The first-order valence-electron chi connectivity index (χ1n) is 11.6. The molecule has 0 aliphatic carbocycles. The smallest absolute Gasteiger partial charge is 0.262 e. The van der Waals surface area contributed by atoms with Gasteiger partial charge in [0.05, 0.1) is 36.7 Å². The minimum absolute atomic E-state index is 0.00439. The summed E-state index contributed by atoms with van der Waals surface area (Å²) in [4.78, 5) is 12.4. The number of nitrogens with zero attached hydrogens (tertiary/aromatic N) is 1. The first-order valence-corrected chi connectivity index (χ1v) is 15.0. The zero-order valence-electron chi connectivity index (χ0n) is 21.6. The molecule has 0 radical (unpaired) electrons. The van der Waals surface area contributed by atoms with E-state index in [9.17, 15) is 21.6 Å². The molecule has 204 valence electrons. The molecule has 0 saturated carbocycles. The van der Waals surface area contributed by atoms with E-state index in [1.54, 1.807) is 24.3 Å². The van der Waals surface area contributed by atoms with Gasteiger partial charge >= 0.3 is 0 Å². The fourth-order valence-corrected chi connectivity index (χ4v) is 5.64. The Hall–Kier alpha value is -3.77. The standard InChI is InChI=1S/C26H31N3O7S2/c1-19-7-11-21(12-8-19)29(37(4,31)32)17-5-6-26(30)27-20-9-14-23(15-10-20)38(33,34)28-24-16-13-22(35-2)18-25(24)36-3/h7-16,18,28H,5-6,17H2,1-4H3,(H,27,30). The summed E-state index contributed by atoms with van der Waals surface area (Å²) in [6, 6.07) is 17.5. The molecule has 0 fully saturated rings. The molecule has 0 aliphatic heterocycles. The highest BCUT2D eigenvalue weighted by Gasteiger charge is 2.19. The van der Waals surface area contributed by atoms with Gasteiger partial charge in [0.25, 0.3) is 10.0 Å². The third kappa shape index (κ3) is 7.62. The van der Waals surface area contributed by atoms with Gasteiger partial charge in [-0.15, -0.1) is 0 Å². The van der Waals surface area contributed by atoms with E-state index in [1.165, 1.54) is 48.9 Å². The number of hydrogen-bond acceptors (Lipinski definition) is 7. The Morgan fingerprint density at radius 2 is 1.55 bits per heavy atom. The van der Waals surface area contributed by atoms with Gasteiger partial charge in [-0.2, -0.15) is 0 Å². The molecule has 0 aromatic heterocycles. The van der Waals surface area contributed by atoms with Gasteiger partial charge in [0.2, 0.25) is 15.9 Å². The molecular formula is C26H31N3O7S2. The van der Waals surface area contributed by atoms with Crippen LogP contribution in [0.25, 0.3) is 0 Å². The van der Waals surface area contributed by atoms with E-state index in [0.717, 1.165) is 11.8 Å². The van der Waals surface area contributed by atoms with E-state index in [0.29, 0.717) is 29.3 Å². The number of ether oxygens (including phenoxy) is 2. The summed E-state index contributed by atoms with van der Waals surface area (Å²) in [5.41, 5.74) is 2.21. The van der Waals surface area contributed by atoms with Gasteiger partial charge < -0.3 is 14.8 Å². The highest BCUT2D eigenvalue weighted by molar-refractivity contribution is 7.92. The zero-order valence-corrected chi connectivity index (χ0v) is 23.2. The summed E-state index contributed by atoms with van der Waals surface area (Å²) in [6.45, 7) is 2.06. The number of benzene rings is 3. The Kier molecular flexibility index (Phi) is 9.23. The van der Waals surface area contributed by atoms with Gasteiger partial charge in [0.1, 0.15) is 11.5 Å². The number of methoxy groups -OCH3 is 2. The van der Waals surface area contributed by atoms with E-state index in [2.05, 4.69) is 10.0 Å². The van der Waals surface area contributed by atoms with Gasteiger partial charge in [-0.3, -0.25) is 13.8 Å². The van der Waals surface area contributed by atoms with Crippen molar-refractivity contribution in [3.63, 3.8) is 0 Å². The topological polar surface area (TPSA) is 131 Å². The summed E-state index contributed by atoms with van der Waals surface area (Å²) in [5.74, 6) is 0.497. The van der Waals surface area contributed by atoms with Crippen molar-refractivity contribution in [1.29, 1.82) is 0 Å². The largest absolute Gasteiger partial charge is 0.497 e. The number of nitrogens with one attached hydrogen (secondary N) is 2. The van der Waals surface area contributed by atoms with Crippen LogP contribution in [0.2, 0.25) is 0 Å². The molecule has 2 N–H and O–H groups in total. The van der Waals surface area contributed by atoms with E-state index < -0.39 is 20.0 Å². The van der Waals surface area contributed by atoms with Crippen molar-refractivity contribution in [1.82, 2.24) is 0 Å². The van der Waals surface area contributed by atoms with Gasteiger partial charge in [-0.25, -0.2) is 16.8 Å². The predicted octanol–water partition coefficient (Wildman–Crippen LogP) is 4.00. The Morgan fingerprint density at radius 1 is 0.895 bits per heavy atom. The molecule has 3 aromatic carbocycles. The molecule has 3 rings (SSSR count). The van der Waals surface area contributed by atoms with Crippen molar-refractivity contribution in [2.24, 2.45) is 0 Å². The number of anilines is 3. The monoisotopic (exact) mass is 561 g/mol. The average molecular weight is 562 g/mol. The lowest BCUT2D eigenvalue weighted by atomic mass is 10.2. The van der Waals surface area contributed by atoms with Crippen molar-refractivity contribution < 1.29 is 31.1 Å². The van der Waals surface area contributed by atoms with Crippen LogP contribution in [0.1, 0.15) is 18.4 Å². The molecule has 1 amide bonds. The van der Waals surface area contributed by atoms with Gasteiger partial charge in [-0.1, -0.05) is 17.7 Å². The first-order chi connectivity index (χ1) is 17.9. The van der Waals surface area contributed by atoms with Gasteiger partial charge in [0.15, 0.2) is 0 Å². The Balaban J connectivity index is 1.59. The van der Waals surface area contributed by atoms with Crippen LogP contribution in [0.15, 0.2) is 71.6 Å². The first kappa shape index (κ1) is 28.8. The molecule has 0 heterocycles. The quantitative estimate of drug-likeness (QED) is 0.342. The summed E-state index contributed by atoms with van der Waals surface area (Å²) in [7, 11) is -4.52. The number of hydrogen-bond donors (Lipinski definition) is 2. The zero-order chi connectivity index (χ0) is 27.9. The fraction of sp³-hybridized carbons (Fsp3) is 0.269. The van der Waals surface area contributed by atoms with Crippen LogP contribution in [0.5, 0.6) is 11.5 Å². The van der Waals surface area contributed by atoms with E-state index >= 15 is 0 Å². The number of amides is 1. The molecule has 0 atom stereocenters. The second-order valence-corrected chi connectivity index (χ2v) is 12.1. The van der Waals surface area contributed by atoms with Crippen LogP contribution in [0.3, 0.4) is 0 Å². The lowest BCUT2D eigenvalue weighted by Gasteiger charge is -2.22. The van der Waals surface area contributed by atoms with Crippen LogP contribution in [-0.2, 0) is 24.8 Å². The molecular weight excluding hydrogens is 530 g/mol. The predicted molar refractivity (Wildman–Crippen MR) is 148 cm³/mol. The molecule has 10 nitrogen and oxygen atoms in total. The van der Waals surface area contributed by atoms with E-state index in [4.69, 9.17) is 9.47 Å². The van der Waals surface area contributed by atoms with Gasteiger partial charge in [0, 0.05) is 24.7 Å². The second kappa shape index (κ2) is 12.2. The lowest BCUT2D eigenvalue weighted by molar-refractivity contribution is -0.116. The molecule has 12 heteroatoms. The highest BCUT2D eigenvalue weighted by Crippen LogP contribution is 2.31. The SMILES string of the molecule is COc1ccc(NS(=O)(=O)c2ccc(NC(=O)CCCN(c3ccc(C)cc3)S(C)(=O)=O)cc2)c(OC)c1. The third-order valence-corrected chi connectivity index (χ3v) is 8.16. The molecule has 0 saturated heterocycles. The van der Waals surface area contributed by atoms with Crippen LogP contribution in [0.4, 0.5) is 17.1 Å². The molecule has 0 bridgehead atoms. The fourth-order valence-electron chi connectivity index (χ4n) is 3.61. The normalized spacial score (nSPS) is 11.5. The van der Waals surface area contributed by atoms with Crippen molar-refractivity contribution in [2.75, 3.05) is 41.4 Å². The summed E-state index contributed by atoms with van der Waals surface area (Å²) < 4.78 is 64.3. The highest BCUT2D eigenvalue weighted by atomic mass is 32.2. The summed E-state index contributed by atoms with van der Waals surface area (Å²) in [6.07, 6.45) is 1.51.